The molecule has 0 fully saturated rings. The van der Waals surface area contributed by atoms with Crippen molar-refractivity contribution in [1.82, 2.24) is 10.6 Å². The van der Waals surface area contributed by atoms with E-state index in [0.717, 1.165) is 19.5 Å². The zero-order valence-corrected chi connectivity index (χ0v) is 14.0. The number of ether oxygens (including phenoxy) is 1. The van der Waals surface area contributed by atoms with Gasteiger partial charge in [-0.3, -0.25) is 4.79 Å². The van der Waals surface area contributed by atoms with Crippen molar-refractivity contribution >= 4 is 15.7 Å². The second kappa shape index (κ2) is 8.24. The van der Waals surface area contributed by atoms with Crippen LogP contribution in [0.2, 0.25) is 0 Å². The molecule has 126 valence electrons. The van der Waals surface area contributed by atoms with Gasteiger partial charge in [0.2, 0.25) is 0 Å². The Morgan fingerprint density at radius 3 is 2.65 bits per heavy atom. The number of nitrogens with one attached hydrogen (secondary N) is 2. The molecule has 0 aliphatic carbocycles. The monoisotopic (exact) mass is 338 g/mol. The van der Waals surface area contributed by atoms with Crippen LogP contribution in [-0.4, -0.2) is 53.4 Å². The first kappa shape index (κ1) is 17.7. The molecule has 0 bridgehead atoms. The first-order valence-corrected chi connectivity index (χ1v) is 9.17. The van der Waals surface area contributed by atoms with E-state index in [-0.39, 0.29) is 23.2 Å². The van der Waals surface area contributed by atoms with Crippen molar-refractivity contribution in [3.63, 3.8) is 0 Å². The first-order valence-electron chi connectivity index (χ1n) is 7.51. The summed E-state index contributed by atoms with van der Waals surface area (Å²) < 4.78 is 28.8. The lowest BCUT2D eigenvalue weighted by molar-refractivity contribution is 0.0956. The number of methoxy groups -OCH3 is 1. The van der Waals surface area contributed by atoms with E-state index in [0.29, 0.717) is 12.1 Å². The highest BCUT2D eigenvalue weighted by Gasteiger charge is 2.15. The van der Waals surface area contributed by atoms with Gasteiger partial charge in [-0.2, -0.15) is 0 Å². The van der Waals surface area contributed by atoms with Gasteiger partial charge in [-0.25, -0.2) is 8.42 Å². The summed E-state index contributed by atoms with van der Waals surface area (Å²) in [6.45, 7) is 2.43. The average Bonchev–Trinajstić information content (AvgIpc) is 2.59. The van der Waals surface area contributed by atoms with Crippen LogP contribution in [0.4, 0.5) is 0 Å². The summed E-state index contributed by atoms with van der Waals surface area (Å²) in [5.41, 5.74) is 1.65. The summed E-state index contributed by atoms with van der Waals surface area (Å²) in [4.78, 5) is 12.3. The summed E-state index contributed by atoms with van der Waals surface area (Å²) in [5, 5.41) is 6.07. The van der Waals surface area contributed by atoms with Crippen LogP contribution in [0.25, 0.3) is 0 Å². The quantitative estimate of drug-likeness (QED) is 0.717. The molecule has 2 N–H and O–H groups in total. The minimum absolute atomic E-state index is 0.0722. The molecular formula is C16H22N2O4S. The number of sulfone groups is 1. The predicted molar refractivity (Wildman–Crippen MR) is 88.3 cm³/mol. The van der Waals surface area contributed by atoms with Crippen molar-refractivity contribution in [2.24, 2.45) is 0 Å². The third-order valence-electron chi connectivity index (χ3n) is 3.67. The van der Waals surface area contributed by atoms with Crippen LogP contribution in [0.3, 0.4) is 0 Å². The Balaban J connectivity index is 1.95. The molecule has 2 rings (SSSR count). The normalized spacial score (nSPS) is 15.1. The van der Waals surface area contributed by atoms with Crippen molar-refractivity contribution in [1.29, 1.82) is 0 Å². The molecular weight excluding hydrogens is 316 g/mol. The van der Waals surface area contributed by atoms with Crippen molar-refractivity contribution in [3.8, 4) is 0 Å². The highest BCUT2D eigenvalue weighted by Crippen LogP contribution is 2.13. The Hall–Kier alpha value is -1.70. The maximum Gasteiger partial charge on any atom is 0.251 e. The predicted octanol–water partition coefficient (Wildman–Crippen LogP) is 0.756. The van der Waals surface area contributed by atoms with Gasteiger partial charge in [0.05, 0.1) is 17.3 Å². The van der Waals surface area contributed by atoms with E-state index < -0.39 is 9.84 Å². The standard InChI is InChI=1S/C16H22N2O4S/c1-22-10-11-23(20,21)15-4-2-14(3-5-15)16(19)18-12-13-6-8-17-9-7-13/h2-6,17H,7-12H2,1H3,(H,18,19). The number of hydrogen-bond donors (Lipinski definition) is 2. The SMILES string of the molecule is COCCS(=O)(=O)c1ccc(C(=O)NCC2=CCNCC2)cc1. The fraction of sp³-hybridized carbons (Fsp3) is 0.438. The van der Waals surface area contributed by atoms with E-state index in [1.54, 1.807) is 0 Å². The lowest BCUT2D eigenvalue weighted by Gasteiger charge is -2.14. The Labute approximate surface area is 136 Å². The van der Waals surface area contributed by atoms with E-state index >= 15 is 0 Å². The molecule has 1 aromatic carbocycles. The molecule has 0 saturated carbocycles. The molecule has 1 heterocycles. The van der Waals surface area contributed by atoms with Gasteiger partial charge >= 0.3 is 0 Å². The molecule has 1 aromatic rings. The fourth-order valence-electron chi connectivity index (χ4n) is 2.25. The lowest BCUT2D eigenvalue weighted by atomic mass is 10.1. The number of benzene rings is 1. The fourth-order valence-corrected chi connectivity index (χ4v) is 3.42. The third kappa shape index (κ3) is 5.16. The highest BCUT2D eigenvalue weighted by atomic mass is 32.2. The van der Waals surface area contributed by atoms with Crippen molar-refractivity contribution in [3.05, 3.63) is 41.5 Å². The van der Waals surface area contributed by atoms with Gasteiger partial charge in [0.1, 0.15) is 0 Å². The number of rotatable bonds is 7. The van der Waals surface area contributed by atoms with Gasteiger partial charge in [-0.1, -0.05) is 11.6 Å². The van der Waals surface area contributed by atoms with Crippen molar-refractivity contribution < 1.29 is 17.9 Å². The first-order chi connectivity index (χ1) is 11.0. The molecule has 23 heavy (non-hydrogen) atoms. The zero-order chi connectivity index (χ0) is 16.7. The van der Waals surface area contributed by atoms with E-state index in [2.05, 4.69) is 16.7 Å². The van der Waals surface area contributed by atoms with Gasteiger partial charge in [0.15, 0.2) is 9.84 Å². The Morgan fingerprint density at radius 2 is 2.04 bits per heavy atom. The Morgan fingerprint density at radius 1 is 1.30 bits per heavy atom. The van der Waals surface area contributed by atoms with E-state index in [4.69, 9.17) is 4.74 Å². The molecule has 0 saturated heterocycles. The highest BCUT2D eigenvalue weighted by molar-refractivity contribution is 7.91. The molecule has 1 amide bonds. The molecule has 0 unspecified atom stereocenters. The molecule has 1 aliphatic rings. The Kier molecular flexibility index (Phi) is 6.32. The number of carbonyl (C=O) groups excluding carboxylic acids is 1. The topological polar surface area (TPSA) is 84.5 Å². The Bertz CT molecular complexity index is 666. The van der Waals surface area contributed by atoms with Crippen LogP contribution in [0.1, 0.15) is 16.8 Å². The van der Waals surface area contributed by atoms with Crippen LogP contribution in [-0.2, 0) is 14.6 Å². The van der Waals surface area contributed by atoms with Crippen molar-refractivity contribution in [2.75, 3.05) is 39.1 Å². The minimum Gasteiger partial charge on any atom is -0.384 e. The lowest BCUT2D eigenvalue weighted by Crippen LogP contribution is -2.29. The maximum atomic E-state index is 12.1. The largest absolute Gasteiger partial charge is 0.384 e. The van der Waals surface area contributed by atoms with Gasteiger partial charge in [-0.15, -0.1) is 0 Å². The van der Waals surface area contributed by atoms with Crippen LogP contribution >= 0.6 is 0 Å². The van der Waals surface area contributed by atoms with Crippen LogP contribution in [0.5, 0.6) is 0 Å². The number of amides is 1. The molecule has 6 nitrogen and oxygen atoms in total. The number of carbonyl (C=O) groups is 1. The van der Waals surface area contributed by atoms with Gasteiger partial charge in [-0.05, 0) is 37.2 Å². The second-order valence-corrected chi connectivity index (χ2v) is 7.44. The zero-order valence-electron chi connectivity index (χ0n) is 13.2. The summed E-state index contributed by atoms with van der Waals surface area (Å²) in [7, 11) is -1.91. The average molecular weight is 338 g/mol. The van der Waals surface area contributed by atoms with Crippen LogP contribution < -0.4 is 10.6 Å². The molecule has 0 spiro atoms. The molecule has 7 heteroatoms. The summed E-state index contributed by atoms with van der Waals surface area (Å²) in [6.07, 6.45) is 3.01. The van der Waals surface area contributed by atoms with E-state index in [1.165, 1.54) is 36.9 Å². The van der Waals surface area contributed by atoms with Crippen LogP contribution in [0.15, 0.2) is 40.8 Å². The molecule has 0 atom stereocenters. The molecule has 1 aliphatic heterocycles. The third-order valence-corrected chi connectivity index (χ3v) is 5.36. The van der Waals surface area contributed by atoms with Gasteiger partial charge in [0, 0.05) is 25.8 Å². The van der Waals surface area contributed by atoms with Crippen molar-refractivity contribution in [2.45, 2.75) is 11.3 Å². The second-order valence-electron chi connectivity index (χ2n) is 5.34. The molecule has 0 radical (unpaired) electrons. The molecule has 0 aromatic heterocycles. The summed E-state index contributed by atoms with van der Waals surface area (Å²) in [6, 6.07) is 5.99. The van der Waals surface area contributed by atoms with E-state index in [9.17, 15) is 13.2 Å². The summed E-state index contributed by atoms with van der Waals surface area (Å²) >= 11 is 0. The van der Waals surface area contributed by atoms with E-state index in [1.807, 2.05) is 0 Å². The van der Waals surface area contributed by atoms with Crippen LogP contribution in [0, 0.1) is 0 Å². The van der Waals surface area contributed by atoms with Gasteiger partial charge in [0.25, 0.3) is 5.91 Å². The van der Waals surface area contributed by atoms with Gasteiger partial charge < -0.3 is 15.4 Å². The maximum absolute atomic E-state index is 12.1. The summed E-state index contributed by atoms with van der Waals surface area (Å²) in [5.74, 6) is -0.276. The smallest absolute Gasteiger partial charge is 0.251 e. The minimum atomic E-state index is -3.37. The number of hydrogen-bond acceptors (Lipinski definition) is 5.